The molecule has 3 nitrogen and oxygen atoms in total. The summed E-state index contributed by atoms with van der Waals surface area (Å²) < 4.78 is 1.14. The largest absolute Gasteiger partial charge is 0.307 e. The molecular formula is C12H14BrN3S. The van der Waals surface area contributed by atoms with Gasteiger partial charge < -0.3 is 5.32 Å². The summed E-state index contributed by atoms with van der Waals surface area (Å²) in [7, 11) is 0. The fraction of sp³-hybridized carbons (Fsp3) is 0.333. The molecule has 1 N–H and O–H groups in total. The minimum atomic E-state index is 0.187. The molecule has 1 unspecified atom stereocenters. The molecule has 0 aliphatic heterocycles. The summed E-state index contributed by atoms with van der Waals surface area (Å²) in [6.45, 7) is 3.01. The summed E-state index contributed by atoms with van der Waals surface area (Å²) in [6.07, 6.45) is 4.50. The van der Waals surface area contributed by atoms with E-state index in [4.69, 9.17) is 0 Å². The predicted molar refractivity (Wildman–Crippen MR) is 74.2 cm³/mol. The zero-order valence-corrected chi connectivity index (χ0v) is 12.0. The number of nitrogens with zero attached hydrogens (tertiary/aromatic N) is 2. The van der Waals surface area contributed by atoms with Crippen LogP contribution in [-0.2, 0) is 6.42 Å². The summed E-state index contributed by atoms with van der Waals surface area (Å²) in [6, 6.07) is 4.18. The molecule has 2 aromatic rings. The molecule has 90 valence electrons. The molecule has 0 aliphatic carbocycles. The maximum atomic E-state index is 4.32. The van der Waals surface area contributed by atoms with E-state index in [9.17, 15) is 0 Å². The predicted octanol–water partition coefficient (Wildman–Crippen LogP) is 3.19. The molecule has 17 heavy (non-hydrogen) atoms. The highest BCUT2D eigenvalue weighted by molar-refractivity contribution is 9.10. The Morgan fingerprint density at radius 2 is 2.18 bits per heavy atom. The zero-order valence-electron chi connectivity index (χ0n) is 9.56. The first-order chi connectivity index (χ1) is 8.29. The van der Waals surface area contributed by atoms with Gasteiger partial charge in [-0.2, -0.15) is 0 Å². The third-order valence-electron chi connectivity index (χ3n) is 2.38. The van der Waals surface area contributed by atoms with Crippen molar-refractivity contribution in [3.05, 3.63) is 45.1 Å². The Hall–Kier alpha value is -0.780. The van der Waals surface area contributed by atoms with E-state index in [1.54, 1.807) is 23.7 Å². The number of hydrogen-bond donors (Lipinski definition) is 1. The average molecular weight is 312 g/mol. The lowest BCUT2D eigenvalue weighted by molar-refractivity contribution is 0.524. The van der Waals surface area contributed by atoms with Gasteiger partial charge in [-0.3, -0.25) is 0 Å². The van der Waals surface area contributed by atoms with Crippen LogP contribution in [0.15, 0.2) is 34.4 Å². The van der Waals surface area contributed by atoms with Crippen LogP contribution in [0, 0.1) is 0 Å². The van der Waals surface area contributed by atoms with Gasteiger partial charge in [-0.1, -0.05) is 6.92 Å². The number of halogens is 1. The van der Waals surface area contributed by atoms with Crippen LogP contribution in [-0.4, -0.2) is 16.5 Å². The minimum absolute atomic E-state index is 0.187. The van der Waals surface area contributed by atoms with Gasteiger partial charge in [0.1, 0.15) is 5.82 Å². The number of hydrogen-bond acceptors (Lipinski definition) is 4. The summed E-state index contributed by atoms with van der Waals surface area (Å²) in [5, 5.41) is 5.52. The van der Waals surface area contributed by atoms with Crippen molar-refractivity contribution in [2.75, 3.05) is 6.54 Å². The highest BCUT2D eigenvalue weighted by atomic mass is 79.9. The Bertz CT molecular complexity index is 458. The van der Waals surface area contributed by atoms with E-state index in [0.717, 1.165) is 23.3 Å². The molecular weight excluding hydrogens is 298 g/mol. The highest BCUT2D eigenvalue weighted by Gasteiger charge is 2.14. The standard InChI is InChI=1S/C12H14BrN3S/c1-2-14-11(12-15-4-3-5-16-12)7-10-6-9(13)8-17-10/h3-6,8,11,14H,2,7H2,1H3. The van der Waals surface area contributed by atoms with E-state index in [0.29, 0.717) is 0 Å². The van der Waals surface area contributed by atoms with Crippen molar-refractivity contribution >= 4 is 27.3 Å². The first-order valence-electron chi connectivity index (χ1n) is 5.52. The second-order valence-corrected chi connectivity index (χ2v) is 5.56. The third-order valence-corrected chi connectivity index (χ3v) is 4.09. The molecule has 0 fully saturated rings. The van der Waals surface area contributed by atoms with Crippen molar-refractivity contribution < 1.29 is 0 Å². The quantitative estimate of drug-likeness (QED) is 0.921. The van der Waals surface area contributed by atoms with Crippen molar-refractivity contribution in [1.29, 1.82) is 0 Å². The number of rotatable bonds is 5. The van der Waals surface area contributed by atoms with Gasteiger partial charge in [0.2, 0.25) is 0 Å². The molecule has 0 aromatic carbocycles. The van der Waals surface area contributed by atoms with E-state index >= 15 is 0 Å². The number of nitrogens with one attached hydrogen (secondary N) is 1. The van der Waals surface area contributed by atoms with Gasteiger partial charge in [-0.25, -0.2) is 9.97 Å². The lowest BCUT2D eigenvalue weighted by Gasteiger charge is -2.15. The summed E-state index contributed by atoms with van der Waals surface area (Å²) in [5.41, 5.74) is 0. The number of aromatic nitrogens is 2. The summed E-state index contributed by atoms with van der Waals surface area (Å²) in [4.78, 5) is 9.97. The van der Waals surface area contributed by atoms with Crippen LogP contribution in [0.2, 0.25) is 0 Å². The van der Waals surface area contributed by atoms with E-state index in [2.05, 4.69) is 49.6 Å². The Morgan fingerprint density at radius 1 is 1.41 bits per heavy atom. The smallest absolute Gasteiger partial charge is 0.145 e. The molecule has 2 rings (SSSR count). The Kier molecular flexibility index (Phi) is 4.65. The van der Waals surface area contributed by atoms with E-state index in [1.807, 2.05) is 6.07 Å². The van der Waals surface area contributed by atoms with Gasteiger partial charge in [-0.05, 0) is 34.6 Å². The Morgan fingerprint density at radius 3 is 2.76 bits per heavy atom. The first kappa shape index (κ1) is 12.7. The van der Waals surface area contributed by atoms with Crippen molar-refractivity contribution in [3.63, 3.8) is 0 Å². The molecule has 0 amide bonds. The molecule has 0 spiro atoms. The number of likely N-dealkylation sites (N-methyl/N-ethyl adjacent to an activating group) is 1. The summed E-state index contributed by atoms with van der Waals surface area (Å²) in [5.74, 6) is 0.860. The van der Waals surface area contributed by atoms with Crippen LogP contribution in [0.1, 0.15) is 23.7 Å². The fourth-order valence-electron chi connectivity index (χ4n) is 1.65. The maximum Gasteiger partial charge on any atom is 0.145 e. The van der Waals surface area contributed by atoms with Gasteiger partial charge in [-0.15, -0.1) is 11.3 Å². The Balaban J connectivity index is 2.13. The maximum absolute atomic E-state index is 4.32. The SMILES string of the molecule is CCNC(Cc1cc(Br)cs1)c1ncccn1. The van der Waals surface area contributed by atoms with E-state index in [1.165, 1.54) is 4.88 Å². The molecule has 5 heteroatoms. The lowest BCUT2D eigenvalue weighted by Crippen LogP contribution is -2.24. The van der Waals surface area contributed by atoms with Gasteiger partial charge in [0, 0.05) is 33.5 Å². The highest BCUT2D eigenvalue weighted by Crippen LogP contribution is 2.24. The fourth-order valence-corrected chi connectivity index (χ4v) is 3.15. The van der Waals surface area contributed by atoms with Gasteiger partial charge in [0.05, 0.1) is 6.04 Å². The first-order valence-corrected chi connectivity index (χ1v) is 7.20. The van der Waals surface area contributed by atoms with E-state index in [-0.39, 0.29) is 6.04 Å². The second-order valence-electron chi connectivity index (χ2n) is 3.65. The lowest BCUT2D eigenvalue weighted by atomic mass is 10.1. The van der Waals surface area contributed by atoms with Crippen molar-refractivity contribution in [2.45, 2.75) is 19.4 Å². The molecule has 2 heterocycles. The molecule has 0 saturated heterocycles. The zero-order chi connectivity index (χ0) is 12.1. The Labute approximate surface area is 113 Å². The molecule has 2 aromatic heterocycles. The van der Waals surface area contributed by atoms with Crippen LogP contribution in [0.3, 0.4) is 0 Å². The van der Waals surface area contributed by atoms with Crippen LogP contribution >= 0.6 is 27.3 Å². The van der Waals surface area contributed by atoms with Crippen LogP contribution < -0.4 is 5.32 Å². The minimum Gasteiger partial charge on any atom is -0.307 e. The van der Waals surface area contributed by atoms with Crippen LogP contribution in [0.4, 0.5) is 0 Å². The molecule has 1 atom stereocenters. The average Bonchev–Trinajstić information content (AvgIpc) is 2.75. The molecule has 0 saturated carbocycles. The monoisotopic (exact) mass is 311 g/mol. The molecule has 0 bridgehead atoms. The van der Waals surface area contributed by atoms with Gasteiger partial charge >= 0.3 is 0 Å². The van der Waals surface area contributed by atoms with E-state index < -0.39 is 0 Å². The molecule has 0 aliphatic rings. The van der Waals surface area contributed by atoms with Crippen LogP contribution in [0.5, 0.6) is 0 Å². The van der Waals surface area contributed by atoms with Crippen LogP contribution in [0.25, 0.3) is 0 Å². The van der Waals surface area contributed by atoms with Gasteiger partial charge in [0.15, 0.2) is 0 Å². The topological polar surface area (TPSA) is 37.8 Å². The third kappa shape index (κ3) is 3.59. The summed E-state index contributed by atoms with van der Waals surface area (Å²) >= 11 is 5.23. The number of thiophene rings is 1. The van der Waals surface area contributed by atoms with Crippen molar-refractivity contribution in [1.82, 2.24) is 15.3 Å². The van der Waals surface area contributed by atoms with Crippen molar-refractivity contribution in [3.8, 4) is 0 Å². The van der Waals surface area contributed by atoms with Gasteiger partial charge in [0.25, 0.3) is 0 Å². The molecule has 0 radical (unpaired) electrons. The van der Waals surface area contributed by atoms with Crippen molar-refractivity contribution in [2.24, 2.45) is 0 Å². The second kappa shape index (κ2) is 6.23. The normalized spacial score (nSPS) is 12.6.